The summed E-state index contributed by atoms with van der Waals surface area (Å²) in [7, 11) is 3.71. The molecule has 1 aromatic carbocycles. The summed E-state index contributed by atoms with van der Waals surface area (Å²) in [6.45, 7) is 0. The van der Waals surface area contributed by atoms with E-state index in [-0.39, 0.29) is 17.2 Å². The van der Waals surface area contributed by atoms with Gasteiger partial charge in [-0.05, 0) is 49.1 Å². The van der Waals surface area contributed by atoms with Gasteiger partial charge in [0.05, 0.1) is 4.88 Å². The van der Waals surface area contributed by atoms with Crippen molar-refractivity contribution in [2.24, 2.45) is 0 Å². The normalized spacial score (nSPS) is 14.5. The molecule has 0 aliphatic heterocycles. The number of nitrogens with one attached hydrogen (secondary N) is 2. The summed E-state index contributed by atoms with van der Waals surface area (Å²) in [6.07, 6.45) is 2.11. The first-order chi connectivity index (χ1) is 16.6. The van der Waals surface area contributed by atoms with E-state index in [1.54, 1.807) is 6.20 Å². The fourth-order valence-electron chi connectivity index (χ4n) is 4.16. The number of thiazole rings is 1. The lowest BCUT2D eigenvalue weighted by Crippen LogP contribution is -2.26. The van der Waals surface area contributed by atoms with Crippen molar-refractivity contribution in [3.8, 4) is 16.2 Å². The molecule has 0 saturated heterocycles. The highest BCUT2D eigenvalue weighted by Gasteiger charge is 2.31. The van der Waals surface area contributed by atoms with Gasteiger partial charge in [-0.1, -0.05) is 30.6 Å². The lowest BCUT2D eigenvalue weighted by atomic mass is 9.86. The van der Waals surface area contributed by atoms with E-state index in [0.29, 0.717) is 10.4 Å². The van der Waals surface area contributed by atoms with Crippen molar-refractivity contribution in [1.82, 2.24) is 9.97 Å². The molecule has 11 heteroatoms. The van der Waals surface area contributed by atoms with E-state index >= 15 is 0 Å². The van der Waals surface area contributed by atoms with Gasteiger partial charge in [0.15, 0.2) is 5.13 Å². The molecule has 3 aromatic rings. The number of carbonyl (C=O) groups is 1. The number of alkyl halides is 3. The largest absolute Gasteiger partial charge is 0.573 e. The lowest BCUT2D eigenvalue weighted by Gasteiger charge is -2.22. The molecule has 1 saturated carbocycles. The molecule has 2 N–H and O–H groups in total. The fraction of sp³-hybridized carbons (Fsp3) is 0.375. The number of benzene rings is 1. The number of ether oxygens (including phenoxy) is 1. The smallest absolute Gasteiger partial charge is 0.406 e. The number of hydrogen-bond acceptors (Lipinski definition) is 6. The summed E-state index contributed by atoms with van der Waals surface area (Å²) in [4.78, 5) is 36.2. The molecule has 0 bridgehead atoms. The van der Waals surface area contributed by atoms with Gasteiger partial charge < -0.3 is 19.9 Å². The Morgan fingerprint density at radius 1 is 1.17 bits per heavy atom. The zero-order chi connectivity index (χ0) is 25.2. The number of nitrogens with zero attached hydrogens (tertiary/aromatic N) is 2. The number of aromatic nitrogens is 2. The number of rotatable bonds is 6. The molecule has 0 radical (unpaired) electrons. The molecule has 0 spiro atoms. The third-order valence-corrected chi connectivity index (χ3v) is 7.01. The van der Waals surface area contributed by atoms with Crippen molar-refractivity contribution in [3.05, 3.63) is 58.1 Å². The number of H-pyrrole nitrogens is 1. The first-order valence-corrected chi connectivity index (χ1v) is 12.0. The third kappa shape index (κ3) is 6.02. The van der Waals surface area contributed by atoms with Crippen LogP contribution < -0.4 is 20.5 Å². The SMILES string of the molecule is CN(C)c1ncc(-c2cc(C3CCCCC3)[nH]c(=O)c2C(=O)Nc2ccc(OC(F)(F)F)cc2)s1. The number of carbonyl (C=O) groups excluding carboxylic acids is 1. The zero-order valence-corrected chi connectivity index (χ0v) is 20.1. The molecule has 2 heterocycles. The summed E-state index contributed by atoms with van der Waals surface area (Å²) in [5.41, 5.74) is 0.917. The van der Waals surface area contributed by atoms with Crippen LogP contribution in [0.1, 0.15) is 54.1 Å². The number of aromatic amines is 1. The van der Waals surface area contributed by atoms with Gasteiger partial charge in [-0.25, -0.2) is 4.98 Å². The van der Waals surface area contributed by atoms with E-state index in [1.165, 1.54) is 29.9 Å². The van der Waals surface area contributed by atoms with Gasteiger partial charge in [-0.15, -0.1) is 13.2 Å². The van der Waals surface area contributed by atoms with E-state index in [1.807, 2.05) is 25.1 Å². The molecule has 4 rings (SSSR count). The molecule has 7 nitrogen and oxygen atoms in total. The van der Waals surface area contributed by atoms with Crippen LogP contribution in [0.3, 0.4) is 0 Å². The zero-order valence-electron chi connectivity index (χ0n) is 19.2. The van der Waals surface area contributed by atoms with Crippen molar-refractivity contribution in [2.45, 2.75) is 44.4 Å². The predicted molar refractivity (Wildman–Crippen MR) is 129 cm³/mol. The maximum atomic E-state index is 13.2. The summed E-state index contributed by atoms with van der Waals surface area (Å²) < 4.78 is 41.1. The molecule has 1 aliphatic carbocycles. The van der Waals surface area contributed by atoms with Crippen LogP contribution in [0.2, 0.25) is 0 Å². The van der Waals surface area contributed by atoms with Crippen LogP contribution in [0, 0.1) is 0 Å². The second-order valence-corrected chi connectivity index (χ2v) is 9.61. The highest BCUT2D eigenvalue weighted by atomic mass is 32.1. The Labute approximate surface area is 204 Å². The quantitative estimate of drug-likeness (QED) is 0.444. The molecule has 0 atom stereocenters. The second kappa shape index (κ2) is 10.1. The number of hydrogen-bond donors (Lipinski definition) is 2. The molecule has 35 heavy (non-hydrogen) atoms. The minimum absolute atomic E-state index is 0.0749. The first kappa shape index (κ1) is 24.8. The first-order valence-electron chi connectivity index (χ1n) is 11.2. The number of halogens is 3. The highest BCUT2D eigenvalue weighted by Crippen LogP contribution is 2.36. The maximum Gasteiger partial charge on any atom is 0.573 e. The number of anilines is 2. The maximum absolute atomic E-state index is 13.2. The number of amides is 1. The lowest BCUT2D eigenvalue weighted by molar-refractivity contribution is -0.274. The van der Waals surface area contributed by atoms with Gasteiger partial charge in [0.1, 0.15) is 11.3 Å². The summed E-state index contributed by atoms with van der Waals surface area (Å²) >= 11 is 1.36. The van der Waals surface area contributed by atoms with Crippen LogP contribution >= 0.6 is 11.3 Å². The van der Waals surface area contributed by atoms with Crippen molar-refractivity contribution in [3.63, 3.8) is 0 Å². The van der Waals surface area contributed by atoms with Crippen molar-refractivity contribution in [1.29, 1.82) is 0 Å². The average molecular weight is 507 g/mol. The Hall–Kier alpha value is -3.34. The van der Waals surface area contributed by atoms with E-state index in [0.717, 1.165) is 48.6 Å². The monoisotopic (exact) mass is 506 g/mol. The van der Waals surface area contributed by atoms with Gasteiger partial charge in [-0.2, -0.15) is 0 Å². The second-order valence-electron chi connectivity index (χ2n) is 8.61. The topological polar surface area (TPSA) is 87.3 Å². The molecule has 0 unspecified atom stereocenters. The molecular weight excluding hydrogens is 481 g/mol. The average Bonchev–Trinajstić information content (AvgIpc) is 3.30. The molecular formula is C24H25F3N4O3S. The minimum atomic E-state index is -4.81. The molecule has 186 valence electrons. The van der Waals surface area contributed by atoms with E-state index in [4.69, 9.17) is 0 Å². The molecule has 1 fully saturated rings. The molecule has 1 amide bonds. The van der Waals surface area contributed by atoms with Crippen molar-refractivity contribution in [2.75, 3.05) is 24.3 Å². The highest BCUT2D eigenvalue weighted by molar-refractivity contribution is 7.18. The van der Waals surface area contributed by atoms with Crippen LogP contribution in [0.25, 0.3) is 10.4 Å². The van der Waals surface area contributed by atoms with E-state index < -0.39 is 23.6 Å². The van der Waals surface area contributed by atoms with Gasteiger partial charge in [0.25, 0.3) is 11.5 Å². The Balaban J connectivity index is 1.68. The predicted octanol–water partition coefficient (Wildman–Crippen LogP) is 5.76. The summed E-state index contributed by atoms with van der Waals surface area (Å²) in [6, 6.07) is 6.60. The Bertz CT molecular complexity index is 1250. The summed E-state index contributed by atoms with van der Waals surface area (Å²) in [5, 5.41) is 3.33. The number of pyridine rings is 1. The van der Waals surface area contributed by atoms with Gasteiger partial charge in [0, 0.05) is 37.2 Å². The Morgan fingerprint density at radius 3 is 2.46 bits per heavy atom. The van der Waals surface area contributed by atoms with E-state index in [9.17, 15) is 22.8 Å². The van der Waals surface area contributed by atoms with Gasteiger partial charge >= 0.3 is 6.36 Å². The standard InChI is InChI=1S/C24H25F3N4O3S/c1-31(2)23-28-13-19(35-23)17-12-18(14-6-4-3-5-7-14)30-22(33)20(17)21(32)29-15-8-10-16(11-9-15)34-24(25,26)27/h8-14H,3-7H2,1-2H3,(H,29,32)(H,30,33). The third-order valence-electron chi connectivity index (χ3n) is 5.81. The van der Waals surface area contributed by atoms with Crippen molar-refractivity contribution >= 4 is 28.1 Å². The van der Waals surface area contributed by atoms with Crippen molar-refractivity contribution < 1.29 is 22.7 Å². The molecule has 1 aliphatic rings. The van der Waals surface area contributed by atoms with Gasteiger partial charge in [-0.3, -0.25) is 9.59 Å². The van der Waals surface area contributed by atoms with Crippen LogP contribution in [0.4, 0.5) is 24.0 Å². The molecule has 2 aromatic heterocycles. The van der Waals surface area contributed by atoms with Crippen LogP contribution in [0.5, 0.6) is 5.75 Å². The van der Waals surface area contributed by atoms with E-state index in [2.05, 4.69) is 20.0 Å². The summed E-state index contributed by atoms with van der Waals surface area (Å²) in [5.74, 6) is -0.859. The van der Waals surface area contributed by atoms with Crippen LogP contribution in [-0.4, -0.2) is 36.3 Å². The minimum Gasteiger partial charge on any atom is -0.406 e. The van der Waals surface area contributed by atoms with Crippen LogP contribution in [-0.2, 0) is 0 Å². The van der Waals surface area contributed by atoms with Gasteiger partial charge in [0.2, 0.25) is 0 Å². The Kier molecular flexibility index (Phi) is 7.15. The van der Waals surface area contributed by atoms with Crippen LogP contribution in [0.15, 0.2) is 41.3 Å². The Morgan fingerprint density at radius 2 is 1.86 bits per heavy atom. The fourth-order valence-corrected chi connectivity index (χ4v) is 5.02.